The van der Waals surface area contributed by atoms with Crippen LogP contribution in [0.1, 0.15) is 24.8 Å². The largest absolute Gasteiger partial charge is 0.497 e. The molecule has 2 aromatic rings. The van der Waals surface area contributed by atoms with E-state index in [0.717, 1.165) is 36.2 Å². The van der Waals surface area contributed by atoms with E-state index in [4.69, 9.17) is 21.2 Å². The lowest BCUT2D eigenvalue weighted by atomic mass is 9.85. The number of hydrogen-bond acceptors (Lipinski definition) is 4. The van der Waals surface area contributed by atoms with Crippen LogP contribution in [0.3, 0.4) is 0 Å². The van der Waals surface area contributed by atoms with E-state index in [2.05, 4.69) is 10.5 Å². The Bertz CT molecular complexity index is 890. The van der Waals surface area contributed by atoms with E-state index in [1.165, 1.54) is 0 Å². The highest BCUT2D eigenvalue weighted by Gasteiger charge is 2.43. The number of halogens is 1. The van der Waals surface area contributed by atoms with E-state index >= 15 is 0 Å². The molecule has 0 aliphatic carbocycles. The van der Waals surface area contributed by atoms with E-state index in [1.54, 1.807) is 13.2 Å². The van der Waals surface area contributed by atoms with Crippen molar-refractivity contribution in [3.05, 3.63) is 59.1 Å². The Morgan fingerprint density at radius 2 is 1.96 bits per heavy atom. The second kappa shape index (κ2) is 7.72. The summed E-state index contributed by atoms with van der Waals surface area (Å²) >= 11 is 5.96. The van der Waals surface area contributed by atoms with Crippen molar-refractivity contribution in [1.82, 2.24) is 4.90 Å². The van der Waals surface area contributed by atoms with Crippen LogP contribution < -0.4 is 10.1 Å². The normalized spacial score (nSPS) is 17.8. The van der Waals surface area contributed by atoms with Gasteiger partial charge < -0.3 is 19.8 Å². The number of carbonyl (C=O) groups is 1. The molecule has 2 amide bonds. The molecule has 1 saturated heterocycles. The predicted molar refractivity (Wildman–Crippen MR) is 109 cm³/mol. The van der Waals surface area contributed by atoms with Gasteiger partial charge in [0, 0.05) is 49.1 Å². The molecule has 28 heavy (non-hydrogen) atoms. The van der Waals surface area contributed by atoms with Gasteiger partial charge in [0.25, 0.3) is 0 Å². The number of piperidine rings is 1. The summed E-state index contributed by atoms with van der Waals surface area (Å²) in [4.78, 5) is 20.2. The molecule has 2 heterocycles. The van der Waals surface area contributed by atoms with Gasteiger partial charge in [0.2, 0.25) is 0 Å². The number of methoxy groups -OCH3 is 1. The van der Waals surface area contributed by atoms with Crippen molar-refractivity contribution in [3.8, 4) is 5.75 Å². The van der Waals surface area contributed by atoms with Crippen molar-refractivity contribution in [2.75, 3.05) is 25.5 Å². The first-order valence-electron chi connectivity index (χ1n) is 9.28. The lowest BCUT2D eigenvalue weighted by molar-refractivity contribution is -0.0544. The topological polar surface area (TPSA) is 63.2 Å². The summed E-state index contributed by atoms with van der Waals surface area (Å²) < 4.78 is 5.20. The first-order valence-corrected chi connectivity index (χ1v) is 9.66. The zero-order valence-corrected chi connectivity index (χ0v) is 16.4. The molecule has 0 saturated carbocycles. The van der Waals surface area contributed by atoms with E-state index in [-0.39, 0.29) is 11.6 Å². The van der Waals surface area contributed by atoms with Gasteiger partial charge >= 0.3 is 6.03 Å². The van der Waals surface area contributed by atoms with E-state index in [0.29, 0.717) is 23.9 Å². The third kappa shape index (κ3) is 3.92. The molecule has 2 aliphatic rings. The van der Waals surface area contributed by atoms with Crippen molar-refractivity contribution in [2.45, 2.75) is 24.9 Å². The van der Waals surface area contributed by atoms with Crippen LogP contribution >= 0.6 is 11.6 Å². The minimum absolute atomic E-state index is 0.111. The quantitative estimate of drug-likeness (QED) is 0.824. The van der Waals surface area contributed by atoms with Crippen LogP contribution in [0.4, 0.5) is 10.5 Å². The standard InChI is InChI=1S/C21H22ClN3O3/c1-27-18-4-2-3-17(13-18)23-20(26)25-11-9-21(10-12-25)14-19(24-28-21)15-5-7-16(22)8-6-15/h2-8,13H,9-12,14H2,1H3,(H,23,26). The number of urea groups is 1. The van der Waals surface area contributed by atoms with Crippen molar-refractivity contribution >= 4 is 29.0 Å². The molecule has 0 atom stereocenters. The molecule has 4 rings (SSSR count). The van der Waals surface area contributed by atoms with E-state index in [9.17, 15) is 4.79 Å². The van der Waals surface area contributed by atoms with Crippen molar-refractivity contribution in [3.63, 3.8) is 0 Å². The van der Waals surface area contributed by atoms with Gasteiger partial charge in [-0.2, -0.15) is 0 Å². The highest BCUT2D eigenvalue weighted by Crippen LogP contribution is 2.36. The lowest BCUT2D eigenvalue weighted by Crippen LogP contribution is -2.48. The lowest BCUT2D eigenvalue weighted by Gasteiger charge is -2.37. The monoisotopic (exact) mass is 399 g/mol. The van der Waals surface area contributed by atoms with Gasteiger partial charge in [-0.25, -0.2) is 4.79 Å². The molecule has 6 nitrogen and oxygen atoms in total. The Morgan fingerprint density at radius 1 is 1.21 bits per heavy atom. The van der Waals surface area contributed by atoms with Crippen molar-refractivity contribution in [1.29, 1.82) is 0 Å². The zero-order valence-electron chi connectivity index (χ0n) is 15.7. The molecule has 2 aliphatic heterocycles. The molecule has 146 valence electrons. The Labute approximate surface area is 169 Å². The molecular weight excluding hydrogens is 378 g/mol. The molecule has 0 radical (unpaired) electrons. The highest BCUT2D eigenvalue weighted by molar-refractivity contribution is 6.30. The maximum atomic E-state index is 12.6. The number of anilines is 1. The molecular formula is C21H22ClN3O3. The average Bonchev–Trinajstić information content (AvgIpc) is 3.12. The zero-order chi connectivity index (χ0) is 19.6. The maximum Gasteiger partial charge on any atom is 0.321 e. The summed E-state index contributed by atoms with van der Waals surface area (Å²) in [5, 5.41) is 7.94. The number of likely N-dealkylation sites (tertiary alicyclic amines) is 1. The molecule has 0 aromatic heterocycles. The Balaban J connectivity index is 1.33. The van der Waals surface area contributed by atoms with Crippen LogP contribution in [0.15, 0.2) is 53.7 Å². The molecule has 7 heteroatoms. The molecule has 0 bridgehead atoms. The number of ether oxygens (including phenoxy) is 1. The Morgan fingerprint density at radius 3 is 2.68 bits per heavy atom. The average molecular weight is 400 g/mol. The fourth-order valence-electron chi connectivity index (χ4n) is 3.61. The summed E-state index contributed by atoms with van der Waals surface area (Å²) in [6.45, 7) is 1.25. The molecule has 0 unspecified atom stereocenters. The first kappa shape index (κ1) is 18.6. The third-order valence-corrected chi connectivity index (χ3v) is 5.55. The van der Waals surface area contributed by atoms with Gasteiger partial charge in [-0.3, -0.25) is 0 Å². The first-order chi connectivity index (χ1) is 13.6. The predicted octanol–water partition coefficient (Wildman–Crippen LogP) is 4.54. The van der Waals surface area contributed by atoms with E-state index in [1.807, 2.05) is 47.4 Å². The van der Waals surface area contributed by atoms with Crippen molar-refractivity contribution in [2.24, 2.45) is 5.16 Å². The Kier molecular flexibility index (Phi) is 5.13. The maximum absolute atomic E-state index is 12.6. The van der Waals surface area contributed by atoms with Crippen molar-refractivity contribution < 1.29 is 14.4 Å². The number of oxime groups is 1. The fraction of sp³-hybridized carbons (Fsp3) is 0.333. The summed E-state index contributed by atoms with van der Waals surface area (Å²) in [5.74, 6) is 0.710. The fourth-order valence-corrected chi connectivity index (χ4v) is 3.73. The van der Waals surface area contributed by atoms with Gasteiger partial charge in [0.15, 0.2) is 0 Å². The molecule has 2 aromatic carbocycles. The van der Waals surface area contributed by atoms with Gasteiger partial charge in [-0.05, 0) is 29.8 Å². The van der Waals surface area contributed by atoms with Gasteiger partial charge in [-0.15, -0.1) is 0 Å². The molecule has 1 spiro atoms. The molecule has 1 fully saturated rings. The molecule has 1 N–H and O–H groups in total. The number of nitrogens with zero attached hydrogens (tertiary/aromatic N) is 2. The second-order valence-electron chi connectivity index (χ2n) is 7.15. The van der Waals surface area contributed by atoms with Crippen LogP contribution in [-0.4, -0.2) is 42.4 Å². The number of nitrogens with one attached hydrogen (secondary N) is 1. The third-order valence-electron chi connectivity index (χ3n) is 5.30. The minimum Gasteiger partial charge on any atom is -0.497 e. The van der Waals surface area contributed by atoms with E-state index < -0.39 is 0 Å². The second-order valence-corrected chi connectivity index (χ2v) is 7.58. The van der Waals surface area contributed by atoms with Gasteiger partial charge in [0.1, 0.15) is 11.4 Å². The highest BCUT2D eigenvalue weighted by atomic mass is 35.5. The number of hydrogen-bond donors (Lipinski definition) is 1. The van der Waals surface area contributed by atoms with Crippen LogP contribution in [-0.2, 0) is 4.84 Å². The summed E-state index contributed by atoms with van der Waals surface area (Å²) in [5.41, 5.74) is 2.36. The van der Waals surface area contributed by atoms with Crippen LogP contribution in [0.25, 0.3) is 0 Å². The summed E-state index contributed by atoms with van der Waals surface area (Å²) in [6.07, 6.45) is 2.25. The SMILES string of the molecule is COc1cccc(NC(=O)N2CCC3(CC2)CC(c2ccc(Cl)cc2)=NO3)c1. The minimum atomic E-state index is -0.318. The van der Waals surface area contributed by atoms with Crippen LogP contribution in [0, 0.1) is 0 Å². The van der Waals surface area contributed by atoms with Crippen LogP contribution in [0.2, 0.25) is 5.02 Å². The summed E-state index contributed by atoms with van der Waals surface area (Å²) in [7, 11) is 1.60. The van der Waals surface area contributed by atoms with Gasteiger partial charge in [0.05, 0.1) is 12.8 Å². The number of amides is 2. The van der Waals surface area contributed by atoms with Crippen LogP contribution in [0.5, 0.6) is 5.75 Å². The number of benzene rings is 2. The van der Waals surface area contributed by atoms with Gasteiger partial charge in [-0.1, -0.05) is 35.0 Å². The smallest absolute Gasteiger partial charge is 0.321 e. The number of carbonyl (C=O) groups excluding carboxylic acids is 1. The number of rotatable bonds is 3. The Hall–Kier alpha value is -2.73. The summed E-state index contributed by atoms with van der Waals surface area (Å²) in [6, 6.07) is 14.9.